The van der Waals surface area contributed by atoms with Crippen LogP contribution in [0.4, 0.5) is 5.82 Å². The zero-order chi connectivity index (χ0) is 14.4. The average molecular weight is 286 g/mol. The van der Waals surface area contributed by atoms with E-state index in [1.54, 1.807) is 42.5 Å². The molecule has 4 nitrogen and oxygen atoms in total. The third-order valence-corrected chi connectivity index (χ3v) is 2.67. The number of rotatable bonds is 2. The van der Waals surface area contributed by atoms with E-state index in [4.69, 9.17) is 17.3 Å². The maximum absolute atomic E-state index is 12.0. The zero-order valence-electron chi connectivity index (χ0n) is 10.6. The Balaban J connectivity index is 2.13. The third-order valence-electron chi connectivity index (χ3n) is 2.42. The Morgan fingerprint density at radius 1 is 1.25 bits per heavy atom. The minimum atomic E-state index is -0.252. The quantitative estimate of drug-likeness (QED) is 0.832. The summed E-state index contributed by atoms with van der Waals surface area (Å²) in [5.41, 5.74) is 6.37. The molecule has 0 aliphatic heterocycles. The van der Waals surface area contributed by atoms with Crippen molar-refractivity contribution in [1.29, 1.82) is 0 Å². The topological polar surface area (TPSA) is 68.0 Å². The van der Waals surface area contributed by atoms with E-state index in [1.807, 2.05) is 0 Å². The number of hydrogen-bond acceptors (Lipinski definition) is 3. The van der Waals surface area contributed by atoms with E-state index in [-0.39, 0.29) is 12.5 Å². The van der Waals surface area contributed by atoms with E-state index in [2.05, 4.69) is 22.1 Å². The van der Waals surface area contributed by atoms with Gasteiger partial charge in [-0.2, -0.15) is 0 Å². The first-order chi connectivity index (χ1) is 9.69. The van der Waals surface area contributed by atoms with Crippen molar-refractivity contribution in [2.24, 2.45) is 5.73 Å². The average Bonchev–Trinajstić information content (AvgIpc) is 2.46. The van der Waals surface area contributed by atoms with Crippen LogP contribution in [0.1, 0.15) is 16.1 Å². The maximum Gasteiger partial charge on any atom is 0.256 e. The fourth-order valence-electron chi connectivity index (χ4n) is 1.51. The number of anilines is 1. The van der Waals surface area contributed by atoms with E-state index in [0.29, 0.717) is 22.1 Å². The summed E-state index contributed by atoms with van der Waals surface area (Å²) in [4.78, 5) is 16.2. The number of nitrogens with two attached hydrogens (primary N) is 1. The highest BCUT2D eigenvalue weighted by molar-refractivity contribution is 6.30. The van der Waals surface area contributed by atoms with E-state index in [1.165, 1.54) is 0 Å². The number of amides is 1. The first kappa shape index (κ1) is 14.1. The molecule has 0 spiro atoms. The Labute approximate surface area is 122 Å². The lowest BCUT2D eigenvalue weighted by Crippen LogP contribution is -2.13. The lowest BCUT2D eigenvalue weighted by molar-refractivity contribution is 0.102. The molecule has 0 atom stereocenters. The molecule has 2 rings (SSSR count). The standard InChI is InChI=1S/C15H12ClN3O/c16-12-8-6-11(7-9-12)15(20)19-14-5-1-3-13(18-14)4-2-10-17/h1,3,5-9H,10,17H2,(H,18,19,20). The second kappa shape index (κ2) is 6.71. The van der Waals surface area contributed by atoms with Crippen LogP contribution in [0.3, 0.4) is 0 Å². The lowest BCUT2D eigenvalue weighted by atomic mass is 10.2. The van der Waals surface area contributed by atoms with Crippen molar-refractivity contribution in [1.82, 2.24) is 4.98 Å². The molecule has 0 unspecified atom stereocenters. The van der Waals surface area contributed by atoms with Gasteiger partial charge < -0.3 is 11.1 Å². The van der Waals surface area contributed by atoms with Crippen LogP contribution in [0.15, 0.2) is 42.5 Å². The first-order valence-corrected chi connectivity index (χ1v) is 6.30. The fourth-order valence-corrected chi connectivity index (χ4v) is 1.63. The highest BCUT2D eigenvalue weighted by atomic mass is 35.5. The van der Waals surface area contributed by atoms with Gasteiger partial charge in [-0.15, -0.1) is 0 Å². The smallest absolute Gasteiger partial charge is 0.256 e. The van der Waals surface area contributed by atoms with Gasteiger partial charge in [0.15, 0.2) is 0 Å². The molecule has 0 aliphatic rings. The molecule has 100 valence electrons. The van der Waals surface area contributed by atoms with Gasteiger partial charge in [-0.3, -0.25) is 4.79 Å². The van der Waals surface area contributed by atoms with Crippen LogP contribution < -0.4 is 11.1 Å². The summed E-state index contributed by atoms with van der Waals surface area (Å²) in [5.74, 6) is 5.71. The molecule has 3 N–H and O–H groups in total. The van der Waals surface area contributed by atoms with E-state index >= 15 is 0 Å². The van der Waals surface area contributed by atoms with Crippen LogP contribution in [-0.4, -0.2) is 17.4 Å². The van der Waals surface area contributed by atoms with Crippen LogP contribution in [0, 0.1) is 11.8 Å². The molecule has 1 aromatic heterocycles. The van der Waals surface area contributed by atoms with Crippen LogP contribution >= 0.6 is 11.6 Å². The Bertz CT molecular complexity index is 672. The minimum Gasteiger partial charge on any atom is -0.320 e. The summed E-state index contributed by atoms with van der Waals surface area (Å²) in [5, 5.41) is 3.28. The Morgan fingerprint density at radius 3 is 2.70 bits per heavy atom. The van der Waals surface area contributed by atoms with Crippen LogP contribution in [0.25, 0.3) is 0 Å². The van der Waals surface area contributed by atoms with E-state index < -0.39 is 0 Å². The largest absolute Gasteiger partial charge is 0.320 e. The molecule has 0 bridgehead atoms. The molecule has 1 heterocycles. The molecule has 0 radical (unpaired) electrons. The molecule has 1 amide bonds. The van der Waals surface area contributed by atoms with Crippen molar-refractivity contribution < 1.29 is 4.79 Å². The van der Waals surface area contributed by atoms with Crippen molar-refractivity contribution in [3.8, 4) is 11.8 Å². The van der Waals surface area contributed by atoms with E-state index in [0.717, 1.165) is 0 Å². The van der Waals surface area contributed by atoms with Gasteiger partial charge in [-0.05, 0) is 42.3 Å². The highest BCUT2D eigenvalue weighted by Crippen LogP contribution is 2.11. The van der Waals surface area contributed by atoms with Crippen molar-refractivity contribution in [3.05, 3.63) is 58.7 Å². The van der Waals surface area contributed by atoms with Crippen molar-refractivity contribution in [2.75, 3.05) is 11.9 Å². The second-order valence-electron chi connectivity index (χ2n) is 3.87. The summed E-state index contributed by atoms with van der Waals surface area (Å²) < 4.78 is 0. The molecular weight excluding hydrogens is 274 g/mol. The van der Waals surface area contributed by atoms with E-state index in [9.17, 15) is 4.79 Å². The summed E-state index contributed by atoms with van der Waals surface area (Å²) in [6.07, 6.45) is 0. The van der Waals surface area contributed by atoms with Gasteiger partial charge >= 0.3 is 0 Å². The summed E-state index contributed by atoms with van der Waals surface area (Å²) in [6, 6.07) is 11.8. The van der Waals surface area contributed by atoms with Gasteiger partial charge in [0.25, 0.3) is 5.91 Å². The fraction of sp³-hybridized carbons (Fsp3) is 0.0667. The predicted octanol–water partition coefficient (Wildman–Crippen LogP) is 2.30. The maximum atomic E-state index is 12.0. The summed E-state index contributed by atoms with van der Waals surface area (Å²) in [6.45, 7) is 0.267. The molecule has 0 saturated carbocycles. The second-order valence-corrected chi connectivity index (χ2v) is 4.31. The zero-order valence-corrected chi connectivity index (χ0v) is 11.3. The van der Waals surface area contributed by atoms with Crippen molar-refractivity contribution >= 4 is 23.3 Å². The molecule has 5 heteroatoms. The molecule has 0 saturated heterocycles. The van der Waals surface area contributed by atoms with Gasteiger partial charge in [0.2, 0.25) is 0 Å². The van der Waals surface area contributed by atoms with Crippen molar-refractivity contribution in [2.45, 2.75) is 0 Å². The molecule has 0 aliphatic carbocycles. The SMILES string of the molecule is NCC#Cc1cccc(NC(=O)c2ccc(Cl)cc2)n1. The third kappa shape index (κ3) is 3.82. The molecule has 0 fully saturated rings. The number of benzene rings is 1. The Kier molecular flexibility index (Phi) is 4.72. The Morgan fingerprint density at radius 2 is 2.00 bits per heavy atom. The molecule has 2 aromatic rings. The van der Waals surface area contributed by atoms with Gasteiger partial charge in [0.1, 0.15) is 11.5 Å². The lowest BCUT2D eigenvalue weighted by Gasteiger charge is -2.04. The number of carbonyl (C=O) groups is 1. The highest BCUT2D eigenvalue weighted by Gasteiger charge is 2.06. The number of nitrogens with one attached hydrogen (secondary N) is 1. The first-order valence-electron chi connectivity index (χ1n) is 5.92. The van der Waals surface area contributed by atoms with Crippen LogP contribution in [0.2, 0.25) is 5.02 Å². The number of halogens is 1. The molecular formula is C15H12ClN3O. The monoisotopic (exact) mass is 285 g/mol. The summed E-state index contributed by atoms with van der Waals surface area (Å²) in [7, 11) is 0. The summed E-state index contributed by atoms with van der Waals surface area (Å²) >= 11 is 5.78. The molecule has 1 aromatic carbocycles. The van der Waals surface area contributed by atoms with Gasteiger partial charge in [0, 0.05) is 10.6 Å². The molecule has 20 heavy (non-hydrogen) atoms. The van der Waals surface area contributed by atoms with Gasteiger partial charge in [-0.1, -0.05) is 23.6 Å². The normalized spacial score (nSPS) is 9.50. The number of aromatic nitrogens is 1. The number of pyridine rings is 1. The Hall–Kier alpha value is -2.35. The number of nitrogens with zero attached hydrogens (tertiary/aromatic N) is 1. The number of hydrogen-bond donors (Lipinski definition) is 2. The van der Waals surface area contributed by atoms with Crippen molar-refractivity contribution in [3.63, 3.8) is 0 Å². The minimum absolute atomic E-state index is 0.252. The number of carbonyl (C=O) groups excluding carboxylic acids is 1. The van der Waals surface area contributed by atoms with Gasteiger partial charge in [-0.25, -0.2) is 4.98 Å². The van der Waals surface area contributed by atoms with Gasteiger partial charge in [0.05, 0.1) is 6.54 Å². The van der Waals surface area contributed by atoms with Crippen LogP contribution in [-0.2, 0) is 0 Å². The predicted molar refractivity (Wildman–Crippen MR) is 79.6 cm³/mol. The van der Waals surface area contributed by atoms with Crippen LogP contribution in [0.5, 0.6) is 0 Å².